The summed E-state index contributed by atoms with van der Waals surface area (Å²) in [7, 11) is 1.60. The van der Waals surface area contributed by atoms with Gasteiger partial charge in [-0.05, 0) is 43.2 Å². The molecule has 0 bridgehead atoms. The van der Waals surface area contributed by atoms with Crippen molar-refractivity contribution in [1.29, 1.82) is 0 Å². The van der Waals surface area contributed by atoms with Crippen molar-refractivity contribution in [2.45, 2.75) is 32.9 Å². The summed E-state index contributed by atoms with van der Waals surface area (Å²) in [6, 6.07) is 14.9. The minimum absolute atomic E-state index is 0.0738. The Morgan fingerprint density at radius 3 is 2.44 bits per heavy atom. The molecule has 2 aromatic rings. The van der Waals surface area contributed by atoms with Gasteiger partial charge in [0.2, 0.25) is 0 Å². The molecule has 0 aromatic heterocycles. The van der Waals surface area contributed by atoms with Crippen LogP contribution in [-0.4, -0.2) is 31.7 Å². The topological polar surface area (TPSA) is 73.9 Å². The molecule has 2 aromatic carbocycles. The van der Waals surface area contributed by atoms with Crippen LogP contribution in [0.2, 0.25) is 0 Å². The lowest BCUT2D eigenvalue weighted by atomic mass is 10.2. The number of para-hydroxylation sites is 1. The van der Waals surface area contributed by atoms with Gasteiger partial charge in [-0.2, -0.15) is 0 Å². The Labute approximate surface area is 159 Å². The molecule has 0 saturated carbocycles. The molecule has 6 heteroatoms. The summed E-state index contributed by atoms with van der Waals surface area (Å²) in [6.07, 6.45) is -0.793. The van der Waals surface area contributed by atoms with Crippen molar-refractivity contribution in [2.75, 3.05) is 13.7 Å². The lowest BCUT2D eigenvalue weighted by Gasteiger charge is -2.14. The van der Waals surface area contributed by atoms with Crippen LogP contribution in [-0.2, 0) is 20.9 Å². The Kier molecular flexibility index (Phi) is 7.67. The van der Waals surface area contributed by atoms with Crippen LogP contribution < -0.4 is 14.8 Å². The van der Waals surface area contributed by atoms with Gasteiger partial charge in [0.05, 0.1) is 20.1 Å². The van der Waals surface area contributed by atoms with Gasteiger partial charge in [-0.25, -0.2) is 0 Å². The summed E-state index contributed by atoms with van der Waals surface area (Å²) in [5, 5.41) is 2.74. The van der Waals surface area contributed by atoms with Crippen LogP contribution in [0.4, 0.5) is 0 Å². The molecular weight excluding hydrogens is 346 g/mol. The van der Waals surface area contributed by atoms with Gasteiger partial charge in [0, 0.05) is 6.54 Å². The quantitative estimate of drug-likeness (QED) is 0.686. The van der Waals surface area contributed by atoms with Crippen LogP contribution in [0.5, 0.6) is 11.5 Å². The SMILES string of the molecule is COc1ccc(CNC(=O)[C@@H](C)OC(=O)CCOc2ccccc2C)cc1. The number of methoxy groups -OCH3 is 1. The smallest absolute Gasteiger partial charge is 0.310 e. The first kappa shape index (κ1) is 20.3. The number of carbonyl (C=O) groups is 2. The second-order valence-electron chi connectivity index (χ2n) is 6.06. The Morgan fingerprint density at radius 1 is 1.07 bits per heavy atom. The van der Waals surface area contributed by atoms with Gasteiger partial charge in [0.25, 0.3) is 5.91 Å². The first-order valence-electron chi connectivity index (χ1n) is 8.78. The molecule has 0 aliphatic rings. The molecular formula is C21H25NO5. The number of benzene rings is 2. The van der Waals surface area contributed by atoms with Crippen molar-refractivity contribution in [1.82, 2.24) is 5.32 Å². The van der Waals surface area contributed by atoms with E-state index in [1.54, 1.807) is 14.0 Å². The Balaban J connectivity index is 1.69. The van der Waals surface area contributed by atoms with Gasteiger partial charge in [-0.1, -0.05) is 30.3 Å². The molecule has 0 aliphatic heterocycles. The van der Waals surface area contributed by atoms with Crippen molar-refractivity contribution in [3.8, 4) is 11.5 Å². The Hall–Kier alpha value is -3.02. The maximum atomic E-state index is 12.1. The number of esters is 1. The zero-order valence-corrected chi connectivity index (χ0v) is 15.9. The molecule has 0 radical (unpaired) electrons. The average Bonchev–Trinajstić information content (AvgIpc) is 2.68. The summed E-state index contributed by atoms with van der Waals surface area (Å²) >= 11 is 0. The highest BCUT2D eigenvalue weighted by Gasteiger charge is 2.17. The number of aryl methyl sites for hydroxylation is 1. The van der Waals surface area contributed by atoms with Gasteiger partial charge in [0.1, 0.15) is 11.5 Å². The highest BCUT2D eigenvalue weighted by Crippen LogP contribution is 2.16. The van der Waals surface area contributed by atoms with E-state index >= 15 is 0 Å². The number of hydrogen-bond donors (Lipinski definition) is 1. The molecule has 1 atom stereocenters. The van der Waals surface area contributed by atoms with Gasteiger partial charge >= 0.3 is 5.97 Å². The lowest BCUT2D eigenvalue weighted by molar-refractivity contribution is -0.155. The standard InChI is InChI=1S/C21H25NO5/c1-15-6-4-5-7-19(15)26-13-12-20(23)27-16(2)21(24)22-14-17-8-10-18(25-3)11-9-17/h4-11,16H,12-14H2,1-3H3,(H,22,24)/t16-/m1/s1. The summed E-state index contributed by atoms with van der Waals surface area (Å²) < 4.78 is 15.8. The largest absolute Gasteiger partial charge is 0.497 e. The van der Waals surface area contributed by atoms with E-state index in [4.69, 9.17) is 14.2 Å². The maximum absolute atomic E-state index is 12.1. The van der Waals surface area contributed by atoms with Crippen molar-refractivity contribution in [3.63, 3.8) is 0 Å². The zero-order chi connectivity index (χ0) is 19.6. The second-order valence-corrected chi connectivity index (χ2v) is 6.06. The van der Waals surface area contributed by atoms with Crippen molar-refractivity contribution in [3.05, 3.63) is 59.7 Å². The van der Waals surface area contributed by atoms with E-state index in [0.29, 0.717) is 6.54 Å². The van der Waals surface area contributed by atoms with Crippen molar-refractivity contribution < 1.29 is 23.8 Å². The van der Waals surface area contributed by atoms with Gasteiger partial charge < -0.3 is 19.5 Å². The molecule has 2 rings (SSSR count). The van der Waals surface area contributed by atoms with Crippen LogP contribution in [0.1, 0.15) is 24.5 Å². The summed E-state index contributed by atoms with van der Waals surface area (Å²) in [5.41, 5.74) is 1.92. The molecule has 1 amide bonds. The van der Waals surface area contributed by atoms with Crippen LogP contribution in [0.3, 0.4) is 0 Å². The van der Waals surface area contributed by atoms with E-state index in [9.17, 15) is 9.59 Å². The fraction of sp³-hybridized carbons (Fsp3) is 0.333. The van der Waals surface area contributed by atoms with E-state index in [1.807, 2.05) is 55.5 Å². The number of carbonyl (C=O) groups excluding carboxylic acids is 2. The molecule has 27 heavy (non-hydrogen) atoms. The number of amides is 1. The molecule has 6 nitrogen and oxygen atoms in total. The monoisotopic (exact) mass is 371 g/mol. The van der Waals surface area contributed by atoms with Gasteiger partial charge in [-0.3, -0.25) is 9.59 Å². The summed E-state index contributed by atoms with van der Waals surface area (Å²) in [4.78, 5) is 24.0. The summed E-state index contributed by atoms with van der Waals surface area (Å²) in [6.45, 7) is 4.03. The zero-order valence-electron chi connectivity index (χ0n) is 15.9. The molecule has 0 spiro atoms. The minimum Gasteiger partial charge on any atom is -0.497 e. The summed E-state index contributed by atoms with van der Waals surface area (Å²) in [5.74, 6) is 0.658. The normalized spacial score (nSPS) is 11.4. The van der Waals surface area contributed by atoms with E-state index in [2.05, 4.69) is 5.32 Å². The fourth-order valence-electron chi connectivity index (χ4n) is 2.35. The van der Waals surface area contributed by atoms with Crippen LogP contribution in [0.15, 0.2) is 48.5 Å². The van der Waals surface area contributed by atoms with Crippen LogP contribution in [0.25, 0.3) is 0 Å². The Morgan fingerprint density at radius 2 is 1.78 bits per heavy atom. The van der Waals surface area contributed by atoms with Crippen molar-refractivity contribution >= 4 is 11.9 Å². The molecule has 1 N–H and O–H groups in total. The highest BCUT2D eigenvalue weighted by molar-refractivity contribution is 5.83. The van der Waals surface area contributed by atoms with Crippen LogP contribution in [0, 0.1) is 6.92 Å². The van der Waals surface area contributed by atoms with E-state index in [1.165, 1.54) is 0 Å². The molecule has 0 saturated heterocycles. The van der Waals surface area contributed by atoms with Gasteiger partial charge in [0.15, 0.2) is 6.10 Å². The second kappa shape index (κ2) is 10.2. The average molecular weight is 371 g/mol. The molecule has 144 valence electrons. The lowest BCUT2D eigenvalue weighted by Crippen LogP contribution is -2.35. The Bertz CT molecular complexity index is 757. The van der Waals surface area contributed by atoms with E-state index in [-0.39, 0.29) is 18.9 Å². The van der Waals surface area contributed by atoms with E-state index in [0.717, 1.165) is 22.6 Å². The minimum atomic E-state index is -0.866. The predicted octanol–water partition coefficient (Wildman–Crippen LogP) is 3.02. The highest BCUT2D eigenvalue weighted by atomic mass is 16.5. The number of rotatable bonds is 9. The first-order valence-corrected chi connectivity index (χ1v) is 8.78. The third kappa shape index (κ3) is 6.66. The predicted molar refractivity (Wildman–Crippen MR) is 102 cm³/mol. The van der Waals surface area contributed by atoms with E-state index < -0.39 is 12.1 Å². The number of nitrogens with one attached hydrogen (secondary N) is 1. The third-order valence-corrected chi connectivity index (χ3v) is 3.96. The van der Waals surface area contributed by atoms with Gasteiger partial charge in [-0.15, -0.1) is 0 Å². The third-order valence-electron chi connectivity index (χ3n) is 3.96. The molecule has 0 heterocycles. The van der Waals surface area contributed by atoms with Crippen LogP contribution >= 0.6 is 0 Å². The number of ether oxygens (including phenoxy) is 3. The molecule has 0 aliphatic carbocycles. The number of hydrogen-bond acceptors (Lipinski definition) is 5. The fourth-order valence-corrected chi connectivity index (χ4v) is 2.35. The molecule has 0 fully saturated rings. The maximum Gasteiger partial charge on any atom is 0.310 e. The first-order chi connectivity index (χ1) is 13.0. The van der Waals surface area contributed by atoms with Crippen molar-refractivity contribution in [2.24, 2.45) is 0 Å². The molecule has 0 unspecified atom stereocenters.